The van der Waals surface area contributed by atoms with Gasteiger partial charge in [-0.05, 0) is 23.7 Å². The van der Waals surface area contributed by atoms with Crippen molar-refractivity contribution in [1.82, 2.24) is 0 Å². The number of hydrogen-bond acceptors (Lipinski definition) is 0. The number of halogens is 4. The van der Waals surface area contributed by atoms with Crippen molar-refractivity contribution in [3.63, 3.8) is 0 Å². The topological polar surface area (TPSA) is 0 Å². The molecule has 1 atom stereocenters. The first-order chi connectivity index (χ1) is 5.50. The van der Waals surface area contributed by atoms with E-state index in [-0.39, 0.29) is 16.6 Å². The van der Waals surface area contributed by atoms with Gasteiger partial charge in [0.25, 0.3) is 0 Å². The van der Waals surface area contributed by atoms with Gasteiger partial charge in [0.1, 0.15) is 17.3 Å². The minimum atomic E-state index is -4.06. The van der Waals surface area contributed by atoms with Crippen molar-refractivity contribution >= 4 is 26.8 Å². The molecule has 0 aromatic carbocycles. The summed E-state index contributed by atoms with van der Waals surface area (Å²) in [5, 5.41) is 0. The van der Waals surface area contributed by atoms with E-state index in [1.807, 2.05) is 0 Å². The molecule has 0 nitrogen and oxygen atoms in total. The molecule has 1 saturated heterocycles. The van der Waals surface area contributed by atoms with Crippen LogP contribution in [0.5, 0.6) is 0 Å². The van der Waals surface area contributed by atoms with Crippen molar-refractivity contribution in [2.45, 2.75) is 23.8 Å². The number of alkyl halides is 4. The molecule has 0 spiro atoms. The molecule has 0 aromatic heterocycles. The third-order valence-corrected chi connectivity index (χ3v) is 5.66. The van der Waals surface area contributed by atoms with Crippen molar-refractivity contribution in [2.24, 2.45) is 0 Å². The standard InChI is InChI=1S/C7H11BrF3S/c8-6(7(9,10)11)5-12-3-1-2-4-12/h6H,1-5H2/q+1. The second-order valence-electron chi connectivity index (χ2n) is 2.90. The monoisotopic (exact) mass is 263 g/mol. The summed E-state index contributed by atoms with van der Waals surface area (Å²) in [5.41, 5.74) is 0. The lowest BCUT2D eigenvalue weighted by molar-refractivity contribution is -0.122. The van der Waals surface area contributed by atoms with Gasteiger partial charge >= 0.3 is 6.18 Å². The lowest BCUT2D eigenvalue weighted by atomic mass is 10.4. The summed E-state index contributed by atoms with van der Waals surface area (Å²) in [6.45, 7) is 0. The molecular weight excluding hydrogens is 253 g/mol. The van der Waals surface area contributed by atoms with Gasteiger partial charge in [0, 0.05) is 0 Å². The van der Waals surface area contributed by atoms with Crippen LogP contribution in [0.25, 0.3) is 0 Å². The van der Waals surface area contributed by atoms with Crippen molar-refractivity contribution < 1.29 is 13.2 Å². The summed E-state index contributed by atoms with van der Waals surface area (Å²) >= 11 is 2.69. The van der Waals surface area contributed by atoms with Crippen LogP contribution < -0.4 is 0 Å². The zero-order valence-electron chi connectivity index (χ0n) is 6.53. The minimum Gasteiger partial charge on any atom is -0.170 e. The molecule has 1 aliphatic rings. The Bertz CT molecular complexity index is 142. The van der Waals surface area contributed by atoms with Crippen molar-refractivity contribution in [3.8, 4) is 0 Å². The molecular formula is C7H11BrF3S+. The van der Waals surface area contributed by atoms with Crippen LogP contribution in [0.1, 0.15) is 12.8 Å². The Morgan fingerprint density at radius 2 is 1.75 bits per heavy atom. The molecule has 0 amide bonds. The van der Waals surface area contributed by atoms with Gasteiger partial charge in [0.05, 0.1) is 0 Å². The molecule has 0 radical (unpaired) electrons. The van der Waals surface area contributed by atoms with Gasteiger partial charge in [0.2, 0.25) is 0 Å². The van der Waals surface area contributed by atoms with E-state index in [2.05, 4.69) is 15.9 Å². The van der Waals surface area contributed by atoms with E-state index < -0.39 is 11.0 Å². The number of hydrogen-bond donors (Lipinski definition) is 0. The highest BCUT2D eigenvalue weighted by atomic mass is 79.9. The largest absolute Gasteiger partial charge is 0.405 e. The Kier molecular flexibility index (Phi) is 3.76. The van der Waals surface area contributed by atoms with Crippen molar-refractivity contribution in [2.75, 3.05) is 17.3 Å². The molecule has 1 heterocycles. The first-order valence-electron chi connectivity index (χ1n) is 3.85. The normalized spacial score (nSPS) is 23.0. The Morgan fingerprint density at radius 1 is 1.25 bits per heavy atom. The van der Waals surface area contributed by atoms with Crippen molar-refractivity contribution in [1.29, 1.82) is 0 Å². The molecule has 0 aromatic rings. The predicted molar refractivity (Wildman–Crippen MR) is 50.0 cm³/mol. The summed E-state index contributed by atoms with van der Waals surface area (Å²) in [4.78, 5) is -1.29. The molecule has 0 saturated carbocycles. The highest BCUT2D eigenvalue weighted by Gasteiger charge is 2.42. The highest BCUT2D eigenvalue weighted by molar-refractivity contribution is 9.09. The molecule has 1 aliphatic heterocycles. The van der Waals surface area contributed by atoms with E-state index in [0.29, 0.717) is 0 Å². The second kappa shape index (κ2) is 4.22. The summed E-state index contributed by atoms with van der Waals surface area (Å²) in [6.07, 6.45) is -1.84. The third-order valence-electron chi connectivity index (χ3n) is 1.85. The van der Waals surface area contributed by atoms with Crippen LogP contribution in [0.3, 0.4) is 0 Å². The SMILES string of the molecule is FC(F)(F)C(Br)C[S+]1CCCC1. The Labute approximate surface area is 81.4 Å². The number of rotatable bonds is 2. The van der Waals surface area contributed by atoms with Crippen LogP contribution in [0.2, 0.25) is 0 Å². The van der Waals surface area contributed by atoms with E-state index in [4.69, 9.17) is 0 Å². The van der Waals surface area contributed by atoms with Gasteiger partial charge in [-0.2, -0.15) is 13.2 Å². The fraction of sp³-hybridized carbons (Fsp3) is 1.00. The molecule has 1 rings (SSSR count). The average molecular weight is 264 g/mol. The molecule has 0 N–H and O–H groups in total. The molecule has 5 heteroatoms. The van der Waals surface area contributed by atoms with Gasteiger partial charge in [-0.15, -0.1) is 0 Å². The first-order valence-corrected chi connectivity index (χ1v) is 6.50. The van der Waals surface area contributed by atoms with Gasteiger partial charge in [0.15, 0.2) is 4.83 Å². The van der Waals surface area contributed by atoms with Crippen LogP contribution in [-0.4, -0.2) is 28.3 Å². The fourth-order valence-corrected chi connectivity index (χ4v) is 4.67. The summed E-state index contributed by atoms with van der Waals surface area (Å²) in [6, 6.07) is 0. The summed E-state index contributed by atoms with van der Waals surface area (Å²) in [5.74, 6) is 2.28. The van der Waals surface area contributed by atoms with Crippen LogP contribution in [0.15, 0.2) is 0 Å². The van der Waals surface area contributed by atoms with Gasteiger partial charge in [-0.3, -0.25) is 0 Å². The van der Waals surface area contributed by atoms with Crippen molar-refractivity contribution in [3.05, 3.63) is 0 Å². The Hall–Kier alpha value is 0.620. The second-order valence-corrected chi connectivity index (χ2v) is 6.38. The fourth-order valence-electron chi connectivity index (χ4n) is 1.18. The average Bonchev–Trinajstić information content (AvgIpc) is 2.37. The maximum Gasteiger partial charge on any atom is 0.405 e. The molecule has 1 fully saturated rings. The van der Waals surface area contributed by atoms with E-state index >= 15 is 0 Å². The summed E-state index contributed by atoms with van der Waals surface area (Å²) in [7, 11) is 0.0293. The summed E-state index contributed by atoms with van der Waals surface area (Å²) < 4.78 is 36.2. The highest BCUT2D eigenvalue weighted by Crippen LogP contribution is 2.29. The van der Waals surface area contributed by atoms with Gasteiger partial charge in [-0.1, -0.05) is 15.9 Å². The lowest BCUT2D eigenvalue weighted by Gasteiger charge is -2.12. The van der Waals surface area contributed by atoms with E-state index in [9.17, 15) is 13.2 Å². The van der Waals surface area contributed by atoms with Gasteiger partial charge in [-0.25, -0.2) is 0 Å². The third kappa shape index (κ3) is 3.17. The first kappa shape index (κ1) is 10.7. The zero-order chi connectivity index (χ0) is 9.19. The van der Waals surface area contributed by atoms with E-state index in [1.165, 1.54) is 0 Å². The quantitative estimate of drug-likeness (QED) is 0.531. The van der Waals surface area contributed by atoms with Crippen LogP contribution in [0.4, 0.5) is 13.2 Å². The molecule has 1 unspecified atom stereocenters. The van der Waals surface area contributed by atoms with Crippen LogP contribution in [0, 0.1) is 0 Å². The van der Waals surface area contributed by atoms with Gasteiger partial charge < -0.3 is 0 Å². The molecule has 72 valence electrons. The maximum atomic E-state index is 12.1. The Morgan fingerprint density at radius 3 is 2.17 bits per heavy atom. The van der Waals surface area contributed by atoms with E-state index in [1.54, 1.807) is 0 Å². The smallest absolute Gasteiger partial charge is 0.170 e. The lowest BCUT2D eigenvalue weighted by Crippen LogP contribution is -2.31. The zero-order valence-corrected chi connectivity index (χ0v) is 8.94. The van der Waals surface area contributed by atoms with Crippen LogP contribution >= 0.6 is 15.9 Å². The minimum absolute atomic E-state index is 0.0293. The predicted octanol–water partition coefficient (Wildman–Crippen LogP) is 2.72. The molecule has 12 heavy (non-hydrogen) atoms. The van der Waals surface area contributed by atoms with E-state index in [0.717, 1.165) is 24.3 Å². The molecule has 0 aliphatic carbocycles. The maximum absolute atomic E-state index is 12.1. The van der Waals surface area contributed by atoms with Crippen LogP contribution in [-0.2, 0) is 10.9 Å². The molecule has 0 bridgehead atoms. The Balaban J connectivity index is 2.30.